The summed E-state index contributed by atoms with van der Waals surface area (Å²) in [5.74, 6) is 2.59. The fourth-order valence-corrected chi connectivity index (χ4v) is 4.87. The van der Waals surface area contributed by atoms with Crippen molar-refractivity contribution in [3.05, 3.63) is 30.4 Å². The number of hydrogen-bond acceptors (Lipinski definition) is 7. The molecule has 7 heteroatoms. The summed E-state index contributed by atoms with van der Waals surface area (Å²) < 4.78 is 11.8. The maximum absolute atomic E-state index is 6.04. The Bertz CT molecular complexity index is 799. The van der Waals surface area contributed by atoms with E-state index in [0.717, 1.165) is 37.2 Å². The van der Waals surface area contributed by atoms with Crippen molar-refractivity contribution in [1.82, 2.24) is 20.3 Å². The summed E-state index contributed by atoms with van der Waals surface area (Å²) in [5.41, 5.74) is 0.815. The van der Waals surface area contributed by atoms with Crippen LogP contribution in [-0.2, 0) is 0 Å². The summed E-state index contributed by atoms with van der Waals surface area (Å²) in [6, 6.07) is 6.06. The van der Waals surface area contributed by atoms with Crippen LogP contribution < -0.4 is 19.7 Å². The molecule has 6 rings (SSSR count). The number of aryl methyl sites for hydroxylation is 1. The van der Waals surface area contributed by atoms with Gasteiger partial charge in [0.1, 0.15) is 6.33 Å². The van der Waals surface area contributed by atoms with Crippen LogP contribution in [0.3, 0.4) is 0 Å². The molecule has 0 unspecified atom stereocenters. The van der Waals surface area contributed by atoms with Crippen LogP contribution in [0.1, 0.15) is 31.4 Å². The number of aromatic nitrogens is 3. The molecule has 26 heavy (non-hydrogen) atoms. The first kappa shape index (κ1) is 15.8. The molecular weight excluding hydrogens is 330 g/mol. The largest absolute Gasteiger partial charge is 0.489 e. The van der Waals surface area contributed by atoms with Crippen LogP contribution in [0.5, 0.6) is 17.4 Å². The second-order valence-electron chi connectivity index (χ2n) is 7.44. The van der Waals surface area contributed by atoms with Gasteiger partial charge in [0.2, 0.25) is 5.75 Å². The highest BCUT2D eigenvalue weighted by atomic mass is 16.5. The van der Waals surface area contributed by atoms with Gasteiger partial charge in [0.25, 0.3) is 5.88 Å². The van der Waals surface area contributed by atoms with Gasteiger partial charge in [-0.3, -0.25) is 4.98 Å². The van der Waals surface area contributed by atoms with E-state index in [0.29, 0.717) is 41.5 Å². The van der Waals surface area contributed by atoms with E-state index in [-0.39, 0.29) is 0 Å². The topological polar surface area (TPSA) is 72.4 Å². The van der Waals surface area contributed by atoms with Gasteiger partial charge in [0, 0.05) is 30.4 Å². The summed E-state index contributed by atoms with van der Waals surface area (Å²) in [6.07, 6.45) is 7.98. The van der Waals surface area contributed by atoms with Gasteiger partial charge >= 0.3 is 0 Å². The molecule has 136 valence electrons. The number of methoxy groups -OCH3 is 1. The van der Waals surface area contributed by atoms with Crippen molar-refractivity contribution in [3.63, 3.8) is 0 Å². The van der Waals surface area contributed by atoms with Crippen molar-refractivity contribution in [3.8, 4) is 17.4 Å². The highest BCUT2D eigenvalue weighted by Gasteiger charge is 2.48. The molecule has 0 saturated carbocycles. The van der Waals surface area contributed by atoms with Crippen molar-refractivity contribution in [2.75, 3.05) is 12.0 Å². The van der Waals surface area contributed by atoms with Crippen molar-refractivity contribution in [2.24, 2.45) is 0 Å². The zero-order chi connectivity index (χ0) is 17.7. The van der Waals surface area contributed by atoms with Gasteiger partial charge in [-0.1, -0.05) is 0 Å². The lowest BCUT2D eigenvalue weighted by molar-refractivity contribution is 0.133. The SMILES string of the molecule is COc1c(Oc2cccnc2C)ncnc1N1C2CC3CC1CC(C2)N3. The number of ether oxygens (including phenoxy) is 2. The van der Waals surface area contributed by atoms with Gasteiger partial charge < -0.3 is 19.7 Å². The summed E-state index contributed by atoms with van der Waals surface area (Å²) in [7, 11) is 1.66. The minimum absolute atomic E-state index is 0.445. The van der Waals surface area contributed by atoms with E-state index in [4.69, 9.17) is 9.47 Å². The van der Waals surface area contributed by atoms with E-state index in [1.54, 1.807) is 19.6 Å². The molecule has 2 aromatic rings. The maximum atomic E-state index is 6.04. The van der Waals surface area contributed by atoms with Crippen LogP contribution in [0.25, 0.3) is 0 Å². The first-order valence-corrected chi connectivity index (χ1v) is 9.25. The normalized spacial score (nSPS) is 29.1. The van der Waals surface area contributed by atoms with Gasteiger partial charge in [0.05, 0.1) is 12.8 Å². The second-order valence-corrected chi connectivity index (χ2v) is 7.44. The molecule has 4 aliphatic rings. The Morgan fingerprint density at radius 2 is 1.81 bits per heavy atom. The third-order valence-corrected chi connectivity index (χ3v) is 5.85. The summed E-state index contributed by atoms with van der Waals surface area (Å²) in [4.78, 5) is 15.7. The first-order valence-electron chi connectivity index (χ1n) is 9.25. The van der Waals surface area contributed by atoms with Crippen molar-refractivity contribution < 1.29 is 9.47 Å². The van der Waals surface area contributed by atoms with E-state index >= 15 is 0 Å². The number of piperidine rings is 4. The molecule has 0 spiro atoms. The van der Waals surface area contributed by atoms with Crippen LogP contribution >= 0.6 is 0 Å². The molecule has 6 heterocycles. The summed E-state index contributed by atoms with van der Waals surface area (Å²) >= 11 is 0. The smallest absolute Gasteiger partial charge is 0.268 e. The average molecular weight is 353 g/mol. The summed E-state index contributed by atoms with van der Waals surface area (Å²) in [6.45, 7) is 1.91. The highest BCUT2D eigenvalue weighted by Crippen LogP contribution is 2.46. The molecule has 2 aromatic heterocycles. The fourth-order valence-electron chi connectivity index (χ4n) is 4.87. The lowest BCUT2D eigenvalue weighted by Crippen LogP contribution is -2.68. The Morgan fingerprint density at radius 3 is 2.46 bits per heavy atom. The molecule has 0 atom stereocenters. The van der Waals surface area contributed by atoms with Gasteiger partial charge in [-0.25, -0.2) is 4.98 Å². The van der Waals surface area contributed by atoms with Crippen LogP contribution in [0.4, 0.5) is 5.82 Å². The maximum Gasteiger partial charge on any atom is 0.268 e. The van der Waals surface area contributed by atoms with Gasteiger partial charge in [-0.2, -0.15) is 4.98 Å². The molecule has 4 saturated heterocycles. The van der Waals surface area contributed by atoms with Gasteiger partial charge in [0.15, 0.2) is 11.6 Å². The predicted octanol–water partition coefficient (Wildman–Crippen LogP) is 2.45. The van der Waals surface area contributed by atoms with Gasteiger partial charge in [-0.15, -0.1) is 0 Å². The molecule has 4 fully saturated rings. The highest BCUT2D eigenvalue weighted by molar-refractivity contribution is 5.60. The standard InChI is InChI=1S/C19H23N5O2/c1-11-16(4-3-5-20-11)26-19-17(25-2)18(21-10-22-19)24-14-6-12-7-15(24)9-13(8-14)23-12/h3-5,10,12-15,23H,6-9H2,1-2H3. The zero-order valence-corrected chi connectivity index (χ0v) is 15.1. The Kier molecular flexibility index (Phi) is 3.70. The Hall–Kier alpha value is -2.41. The predicted molar refractivity (Wildman–Crippen MR) is 96.9 cm³/mol. The molecule has 0 amide bonds. The molecule has 0 aliphatic carbocycles. The summed E-state index contributed by atoms with van der Waals surface area (Å²) in [5, 5.41) is 3.74. The lowest BCUT2D eigenvalue weighted by atomic mass is 9.74. The fraction of sp³-hybridized carbons (Fsp3) is 0.526. The van der Waals surface area contributed by atoms with Crippen molar-refractivity contribution >= 4 is 5.82 Å². The molecule has 0 aromatic carbocycles. The lowest BCUT2D eigenvalue weighted by Gasteiger charge is -2.57. The number of rotatable bonds is 4. The zero-order valence-electron chi connectivity index (χ0n) is 15.1. The van der Waals surface area contributed by atoms with Crippen molar-refractivity contribution in [1.29, 1.82) is 0 Å². The number of anilines is 1. The van der Waals surface area contributed by atoms with E-state index in [1.165, 1.54) is 0 Å². The minimum Gasteiger partial charge on any atom is -0.489 e. The van der Waals surface area contributed by atoms with Gasteiger partial charge in [-0.05, 0) is 44.7 Å². The first-order chi connectivity index (χ1) is 12.7. The van der Waals surface area contributed by atoms with Crippen molar-refractivity contribution in [2.45, 2.75) is 56.8 Å². The average Bonchev–Trinajstić information content (AvgIpc) is 2.63. The third-order valence-electron chi connectivity index (χ3n) is 5.85. The monoisotopic (exact) mass is 353 g/mol. The minimum atomic E-state index is 0.445. The van der Waals surface area contributed by atoms with Crippen LogP contribution in [0, 0.1) is 6.92 Å². The number of nitrogens with one attached hydrogen (secondary N) is 1. The quantitative estimate of drug-likeness (QED) is 0.905. The van der Waals surface area contributed by atoms with E-state index in [1.807, 2.05) is 19.1 Å². The second kappa shape index (κ2) is 6.09. The Morgan fingerprint density at radius 1 is 1.08 bits per heavy atom. The number of pyridine rings is 1. The Balaban J connectivity index is 1.51. The van der Waals surface area contributed by atoms with Crippen LogP contribution in [-0.4, -0.2) is 46.2 Å². The molecule has 4 aliphatic heterocycles. The molecule has 4 bridgehead atoms. The molecule has 1 N–H and O–H groups in total. The number of hydrogen-bond donors (Lipinski definition) is 1. The molecular formula is C19H23N5O2. The molecule has 7 nitrogen and oxygen atoms in total. The van der Waals surface area contributed by atoms with Crippen LogP contribution in [0.2, 0.25) is 0 Å². The molecule has 0 radical (unpaired) electrons. The third kappa shape index (κ3) is 2.49. The van der Waals surface area contributed by atoms with E-state index in [2.05, 4.69) is 25.2 Å². The number of nitrogens with zero attached hydrogens (tertiary/aromatic N) is 4. The van der Waals surface area contributed by atoms with Crippen LogP contribution in [0.15, 0.2) is 24.7 Å². The van der Waals surface area contributed by atoms with E-state index in [9.17, 15) is 0 Å². The Labute approximate surface area is 152 Å². The van der Waals surface area contributed by atoms with E-state index < -0.39 is 0 Å².